The number of furan rings is 1. The molecule has 0 saturated heterocycles. The van der Waals surface area contributed by atoms with Crippen molar-refractivity contribution in [1.82, 2.24) is 0 Å². The fraction of sp³-hybridized carbons (Fsp3) is 0. The van der Waals surface area contributed by atoms with E-state index in [1.54, 1.807) is 0 Å². The smallest absolute Gasteiger partial charge is 0.260 e. The van der Waals surface area contributed by atoms with Crippen molar-refractivity contribution in [2.75, 3.05) is 9.80 Å². The van der Waals surface area contributed by atoms with Crippen LogP contribution < -0.4 is 35.7 Å². The summed E-state index contributed by atoms with van der Waals surface area (Å²) in [6.07, 6.45) is 0. The van der Waals surface area contributed by atoms with Gasteiger partial charge in [-0.25, -0.2) is 0 Å². The summed E-state index contributed by atoms with van der Waals surface area (Å²) in [5.41, 5.74) is 11.0. The molecular formula is C52H33BN2O3. The maximum Gasteiger partial charge on any atom is 0.260 e. The molecule has 0 aliphatic carbocycles. The fourth-order valence-corrected chi connectivity index (χ4v) is 9.04. The molecule has 58 heavy (non-hydrogen) atoms. The van der Waals surface area contributed by atoms with Gasteiger partial charge in [-0.1, -0.05) is 115 Å². The molecule has 272 valence electrons. The lowest BCUT2D eigenvalue weighted by Crippen LogP contribution is -2.57. The van der Waals surface area contributed by atoms with Gasteiger partial charge in [0.15, 0.2) is 0 Å². The van der Waals surface area contributed by atoms with E-state index in [0.29, 0.717) is 0 Å². The monoisotopic (exact) mass is 744 g/mol. The van der Waals surface area contributed by atoms with Crippen LogP contribution in [0.3, 0.4) is 0 Å². The third-order valence-electron chi connectivity index (χ3n) is 11.5. The Hall–Kier alpha value is -7.70. The molecule has 0 fully saturated rings. The molecule has 10 aromatic rings. The Labute approximate surface area is 335 Å². The van der Waals surface area contributed by atoms with Gasteiger partial charge in [0.2, 0.25) is 0 Å². The molecule has 2 aliphatic heterocycles. The van der Waals surface area contributed by atoms with Gasteiger partial charge in [-0.2, -0.15) is 0 Å². The molecule has 0 bridgehead atoms. The summed E-state index contributed by atoms with van der Waals surface area (Å²) in [5.74, 6) is 3.20. The van der Waals surface area contributed by atoms with Gasteiger partial charge in [0.25, 0.3) is 6.71 Å². The summed E-state index contributed by atoms with van der Waals surface area (Å²) in [5, 5.41) is 4.32. The highest BCUT2D eigenvalue weighted by Crippen LogP contribution is 2.47. The van der Waals surface area contributed by atoms with Gasteiger partial charge in [-0.15, -0.1) is 0 Å². The average molecular weight is 745 g/mol. The van der Waals surface area contributed by atoms with Crippen molar-refractivity contribution in [3.8, 4) is 23.0 Å². The van der Waals surface area contributed by atoms with Crippen molar-refractivity contribution in [1.29, 1.82) is 0 Å². The molecule has 9 aromatic carbocycles. The van der Waals surface area contributed by atoms with Gasteiger partial charge in [-0.3, -0.25) is 0 Å². The Kier molecular flexibility index (Phi) is 7.26. The summed E-state index contributed by atoms with van der Waals surface area (Å²) >= 11 is 0. The lowest BCUT2D eigenvalue weighted by molar-refractivity contribution is 0.465. The number of benzene rings is 9. The van der Waals surface area contributed by atoms with Crippen molar-refractivity contribution < 1.29 is 13.9 Å². The predicted octanol–water partition coefficient (Wildman–Crippen LogP) is 12.4. The van der Waals surface area contributed by atoms with Gasteiger partial charge >= 0.3 is 0 Å². The molecule has 0 atom stereocenters. The van der Waals surface area contributed by atoms with E-state index >= 15 is 0 Å². The normalized spacial score (nSPS) is 12.4. The van der Waals surface area contributed by atoms with Crippen LogP contribution in [0, 0.1) is 0 Å². The second-order valence-electron chi connectivity index (χ2n) is 14.8. The van der Waals surface area contributed by atoms with E-state index in [1.807, 2.05) is 18.2 Å². The van der Waals surface area contributed by atoms with Crippen LogP contribution in [0.2, 0.25) is 0 Å². The number of anilines is 6. The Morgan fingerprint density at radius 1 is 0.345 bits per heavy atom. The van der Waals surface area contributed by atoms with Crippen LogP contribution in [-0.2, 0) is 0 Å². The molecule has 0 radical (unpaired) electrons. The first kappa shape index (κ1) is 32.5. The van der Waals surface area contributed by atoms with E-state index in [9.17, 15) is 0 Å². The Morgan fingerprint density at radius 2 is 0.862 bits per heavy atom. The molecule has 2 aliphatic rings. The molecule has 0 N–H and O–H groups in total. The zero-order valence-corrected chi connectivity index (χ0v) is 31.2. The quantitative estimate of drug-likeness (QED) is 0.159. The van der Waals surface area contributed by atoms with E-state index < -0.39 is 0 Å². The first-order chi connectivity index (χ1) is 28.8. The summed E-state index contributed by atoms with van der Waals surface area (Å²) in [7, 11) is 0. The third-order valence-corrected chi connectivity index (χ3v) is 11.5. The van der Waals surface area contributed by atoms with Gasteiger partial charge in [-0.05, 0) is 83.0 Å². The number of para-hydroxylation sites is 5. The van der Waals surface area contributed by atoms with Gasteiger partial charge in [0.05, 0.1) is 11.4 Å². The number of rotatable bonds is 6. The molecular weight excluding hydrogens is 711 g/mol. The van der Waals surface area contributed by atoms with Crippen LogP contribution in [0.4, 0.5) is 34.1 Å². The number of fused-ring (bicyclic) bond motifs is 9. The Morgan fingerprint density at radius 3 is 1.48 bits per heavy atom. The highest BCUT2D eigenvalue weighted by atomic mass is 16.5. The zero-order valence-electron chi connectivity index (χ0n) is 31.2. The minimum absolute atomic E-state index is 0.119. The minimum atomic E-state index is -0.119. The van der Waals surface area contributed by atoms with Crippen LogP contribution in [-0.4, -0.2) is 6.71 Å². The van der Waals surface area contributed by atoms with Crippen molar-refractivity contribution in [3.05, 3.63) is 200 Å². The van der Waals surface area contributed by atoms with Crippen LogP contribution in [0.1, 0.15) is 0 Å². The standard InChI is InChI=1S/C52H33BN2O3/c1-5-17-34(18-6-1)54(35-19-7-2-8-20-35)38-29-49-52-50(30-38)58-47-31-41-46(32-43(47)53(52)42-27-15-16-28-45(42)56-49)57-48-33-44(39-25-13-14-26-40(39)51(41)48)55(36-21-9-3-10-22-36)37-23-11-4-12-24-37/h1-33H. The number of nitrogens with zero attached hydrogens (tertiary/aromatic N) is 2. The van der Waals surface area contributed by atoms with Crippen molar-refractivity contribution in [3.63, 3.8) is 0 Å². The molecule has 6 heteroatoms. The molecule has 0 amide bonds. The van der Waals surface area contributed by atoms with Crippen LogP contribution >= 0.6 is 0 Å². The number of hydrogen-bond acceptors (Lipinski definition) is 5. The van der Waals surface area contributed by atoms with Gasteiger partial charge in [0.1, 0.15) is 34.2 Å². The molecule has 5 nitrogen and oxygen atoms in total. The molecule has 12 rings (SSSR count). The number of ether oxygens (including phenoxy) is 2. The van der Waals surface area contributed by atoms with Crippen molar-refractivity contribution in [2.24, 2.45) is 0 Å². The molecule has 1 aromatic heterocycles. The lowest BCUT2D eigenvalue weighted by Gasteiger charge is -2.34. The zero-order chi connectivity index (χ0) is 38.2. The summed E-state index contributed by atoms with van der Waals surface area (Å²) in [6.45, 7) is -0.119. The maximum atomic E-state index is 7.06. The minimum Gasteiger partial charge on any atom is -0.458 e. The fourth-order valence-electron chi connectivity index (χ4n) is 9.04. The average Bonchev–Trinajstić information content (AvgIpc) is 3.64. The molecule has 3 heterocycles. The maximum absolute atomic E-state index is 7.06. The highest BCUT2D eigenvalue weighted by molar-refractivity contribution is 6.98. The molecule has 0 unspecified atom stereocenters. The van der Waals surface area contributed by atoms with E-state index in [2.05, 4.69) is 192 Å². The van der Waals surface area contributed by atoms with Crippen LogP contribution in [0.5, 0.6) is 23.0 Å². The van der Waals surface area contributed by atoms with E-state index in [1.165, 1.54) is 0 Å². The van der Waals surface area contributed by atoms with Gasteiger partial charge < -0.3 is 23.7 Å². The summed E-state index contributed by atoms with van der Waals surface area (Å²) in [6, 6.07) is 69.8. The van der Waals surface area contributed by atoms with E-state index in [0.717, 1.165) is 106 Å². The SMILES string of the molecule is c1ccc(N(c2ccccc2)c2cc3c4c(c2)Oc2cc5c(cc2B4c2ccccc2O3)oc2cc(N(c3ccccc3)c3ccccc3)c3ccccc3c25)cc1. The Bertz CT molecular complexity index is 3110. The summed E-state index contributed by atoms with van der Waals surface area (Å²) in [4.78, 5) is 4.56. The topological polar surface area (TPSA) is 38.1 Å². The third kappa shape index (κ3) is 5.05. The Balaban J connectivity index is 1.08. The lowest BCUT2D eigenvalue weighted by atomic mass is 9.35. The molecule has 0 spiro atoms. The highest BCUT2D eigenvalue weighted by Gasteiger charge is 2.41. The largest absolute Gasteiger partial charge is 0.458 e. The van der Waals surface area contributed by atoms with Gasteiger partial charge in [0, 0.05) is 62.6 Å². The first-order valence-electron chi connectivity index (χ1n) is 19.6. The predicted molar refractivity (Wildman–Crippen MR) is 238 cm³/mol. The van der Waals surface area contributed by atoms with E-state index in [4.69, 9.17) is 13.9 Å². The van der Waals surface area contributed by atoms with E-state index in [-0.39, 0.29) is 6.71 Å². The van der Waals surface area contributed by atoms with Crippen LogP contribution in [0.25, 0.3) is 32.7 Å². The second kappa shape index (κ2) is 12.9. The first-order valence-corrected chi connectivity index (χ1v) is 19.6. The number of hydrogen-bond donors (Lipinski definition) is 0. The van der Waals surface area contributed by atoms with Crippen molar-refractivity contribution in [2.45, 2.75) is 0 Å². The van der Waals surface area contributed by atoms with Crippen molar-refractivity contribution >= 4 is 89.9 Å². The van der Waals surface area contributed by atoms with Crippen LogP contribution in [0.15, 0.2) is 205 Å². The molecule has 0 saturated carbocycles. The summed E-state index contributed by atoms with van der Waals surface area (Å²) < 4.78 is 20.8. The second-order valence-corrected chi connectivity index (χ2v) is 14.8.